The van der Waals surface area contributed by atoms with Gasteiger partial charge in [-0.1, -0.05) is 10.3 Å². The van der Waals surface area contributed by atoms with E-state index in [1.807, 2.05) is 31.7 Å². The third kappa shape index (κ3) is 2.57. The lowest BCUT2D eigenvalue weighted by atomic mass is 10.1. The maximum atomic E-state index is 12.6. The van der Waals surface area contributed by atoms with Crippen LogP contribution in [0.15, 0.2) is 15.1 Å². The Morgan fingerprint density at radius 1 is 1.33 bits per heavy atom. The highest BCUT2D eigenvalue weighted by Crippen LogP contribution is 2.33. The van der Waals surface area contributed by atoms with Crippen molar-refractivity contribution in [1.82, 2.24) is 15.2 Å². The van der Waals surface area contributed by atoms with Gasteiger partial charge < -0.3 is 13.9 Å². The van der Waals surface area contributed by atoms with E-state index in [0.717, 1.165) is 42.1 Å². The molecule has 112 valence electrons. The van der Waals surface area contributed by atoms with E-state index in [0.29, 0.717) is 12.2 Å². The zero-order chi connectivity index (χ0) is 15.0. The molecule has 21 heavy (non-hydrogen) atoms. The summed E-state index contributed by atoms with van der Waals surface area (Å²) in [6.07, 6.45) is 2.23. The van der Waals surface area contributed by atoms with E-state index in [2.05, 4.69) is 10.3 Å². The zero-order valence-electron chi connectivity index (χ0n) is 12.5. The largest absolute Gasteiger partial charge is 0.361 e. The fraction of sp³-hybridized carbons (Fsp3) is 0.533. The van der Waals surface area contributed by atoms with Gasteiger partial charge in [-0.15, -0.1) is 0 Å². The van der Waals surface area contributed by atoms with E-state index in [1.54, 1.807) is 0 Å². The van der Waals surface area contributed by atoms with E-state index < -0.39 is 0 Å². The van der Waals surface area contributed by atoms with E-state index in [1.165, 1.54) is 0 Å². The van der Waals surface area contributed by atoms with Crippen LogP contribution in [-0.4, -0.2) is 27.7 Å². The lowest BCUT2D eigenvalue weighted by Crippen LogP contribution is -2.31. The summed E-state index contributed by atoms with van der Waals surface area (Å²) in [6, 6.07) is 1.91. The highest BCUT2D eigenvalue weighted by molar-refractivity contribution is 5.80. The topological polar surface area (TPSA) is 72.4 Å². The standard InChI is InChI=1S/C15H19N3O3/c1-9-7-14(21-16-9)13-5-4-6-18(13)15(19)8-12-10(2)17-20-11(12)3/h7,13H,4-6,8H2,1-3H3/t13-/m1/s1. The zero-order valence-corrected chi connectivity index (χ0v) is 12.5. The average molecular weight is 289 g/mol. The number of likely N-dealkylation sites (tertiary alicyclic amines) is 1. The van der Waals surface area contributed by atoms with Crippen LogP contribution in [-0.2, 0) is 11.2 Å². The lowest BCUT2D eigenvalue weighted by molar-refractivity contribution is -0.131. The summed E-state index contributed by atoms with van der Waals surface area (Å²) in [7, 11) is 0. The third-order valence-corrected chi connectivity index (χ3v) is 4.06. The average Bonchev–Trinajstić information content (AvgIpc) is 3.14. The van der Waals surface area contributed by atoms with Crippen molar-refractivity contribution in [1.29, 1.82) is 0 Å². The van der Waals surface area contributed by atoms with E-state index >= 15 is 0 Å². The summed E-state index contributed by atoms with van der Waals surface area (Å²) < 4.78 is 10.5. The Balaban J connectivity index is 1.77. The number of aryl methyl sites for hydroxylation is 3. The number of hydrogen-bond acceptors (Lipinski definition) is 5. The maximum Gasteiger partial charge on any atom is 0.227 e. The molecule has 0 aromatic carbocycles. The van der Waals surface area contributed by atoms with Crippen molar-refractivity contribution in [2.45, 2.75) is 46.1 Å². The van der Waals surface area contributed by atoms with Gasteiger partial charge in [-0.3, -0.25) is 4.79 Å². The van der Waals surface area contributed by atoms with Gasteiger partial charge in [-0.2, -0.15) is 0 Å². The van der Waals surface area contributed by atoms with Crippen molar-refractivity contribution in [3.63, 3.8) is 0 Å². The van der Waals surface area contributed by atoms with Crippen molar-refractivity contribution in [2.24, 2.45) is 0 Å². The molecule has 3 heterocycles. The molecule has 1 aliphatic rings. The van der Waals surface area contributed by atoms with E-state index in [4.69, 9.17) is 9.05 Å². The van der Waals surface area contributed by atoms with Gasteiger partial charge in [0.15, 0.2) is 5.76 Å². The van der Waals surface area contributed by atoms with Crippen molar-refractivity contribution >= 4 is 5.91 Å². The van der Waals surface area contributed by atoms with Crippen molar-refractivity contribution in [3.8, 4) is 0 Å². The molecule has 1 saturated heterocycles. The number of rotatable bonds is 3. The first-order chi connectivity index (χ1) is 10.1. The van der Waals surface area contributed by atoms with Gasteiger partial charge in [0.05, 0.1) is 23.9 Å². The molecule has 1 atom stereocenters. The quantitative estimate of drug-likeness (QED) is 0.868. The molecule has 0 N–H and O–H groups in total. The van der Waals surface area contributed by atoms with Gasteiger partial charge in [0, 0.05) is 18.2 Å². The van der Waals surface area contributed by atoms with Crippen LogP contribution in [0.1, 0.15) is 47.4 Å². The summed E-state index contributed by atoms with van der Waals surface area (Å²) in [5, 5.41) is 7.82. The Morgan fingerprint density at radius 2 is 2.14 bits per heavy atom. The predicted octanol–water partition coefficient (Wildman–Crippen LogP) is 2.49. The predicted molar refractivity (Wildman–Crippen MR) is 74.6 cm³/mol. The molecule has 0 bridgehead atoms. The summed E-state index contributed by atoms with van der Waals surface area (Å²) in [5.41, 5.74) is 2.52. The van der Waals surface area contributed by atoms with Gasteiger partial charge in [0.1, 0.15) is 5.76 Å². The van der Waals surface area contributed by atoms with Crippen LogP contribution >= 0.6 is 0 Å². The number of hydrogen-bond donors (Lipinski definition) is 0. The number of amides is 1. The number of carbonyl (C=O) groups excluding carboxylic acids is 1. The first-order valence-electron chi connectivity index (χ1n) is 7.20. The molecule has 6 heteroatoms. The molecular formula is C15H19N3O3. The highest BCUT2D eigenvalue weighted by Gasteiger charge is 2.33. The fourth-order valence-corrected chi connectivity index (χ4v) is 2.91. The second-order valence-corrected chi connectivity index (χ2v) is 5.60. The minimum atomic E-state index is -0.000766. The third-order valence-electron chi connectivity index (χ3n) is 4.06. The molecule has 1 fully saturated rings. The second kappa shape index (κ2) is 5.35. The van der Waals surface area contributed by atoms with Crippen LogP contribution in [0.3, 0.4) is 0 Å². The lowest BCUT2D eigenvalue weighted by Gasteiger charge is -2.22. The van der Waals surface area contributed by atoms with Crippen molar-refractivity contribution in [2.75, 3.05) is 6.54 Å². The van der Waals surface area contributed by atoms with Crippen molar-refractivity contribution < 1.29 is 13.8 Å². The van der Waals surface area contributed by atoms with Gasteiger partial charge >= 0.3 is 0 Å². The Morgan fingerprint density at radius 3 is 2.76 bits per heavy atom. The van der Waals surface area contributed by atoms with Gasteiger partial charge in [-0.05, 0) is 33.6 Å². The first-order valence-corrected chi connectivity index (χ1v) is 7.20. The molecule has 2 aromatic rings. The molecule has 0 aliphatic carbocycles. The molecule has 2 aromatic heterocycles. The van der Waals surface area contributed by atoms with Gasteiger partial charge in [0.2, 0.25) is 5.91 Å². The summed E-state index contributed by atoms with van der Waals surface area (Å²) in [6.45, 7) is 6.34. The van der Waals surface area contributed by atoms with Gasteiger partial charge in [0.25, 0.3) is 0 Å². The summed E-state index contributed by atoms with van der Waals surface area (Å²) >= 11 is 0. The Hall–Kier alpha value is -2.11. The summed E-state index contributed by atoms with van der Waals surface area (Å²) in [4.78, 5) is 14.5. The fourth-order valence-electron chi connectivity index (χ4n) is 2.91. The van der Waals surface area contributed by atoms with E-state index in [-0.39, 0.29) is 11.9 Å². The molecule has 0 saturated carbocycles. The molecular weight excluding hydrogens is 270 g/mol. The van der Waals surface area contributed by atoms with Crippen molar-refractivity contribution in [3.05, 3.63) is 34.5 Å². The highest BCUT2D eigenvalue weighted by atomic mass is 16.5. The number of carbonyl (C=O) groups is 1. The monoisotopic (exact) mass is 289 g/mol. The molecule has 0 unspecified atom stereocenters. The number of nitrogens with zero attached hydrogens (tertiary/aromatic N) is 3. The normalized spacial score (nSPS) is 18.4. The molecule has 1 amide bonds. The second-order valence-electron chi connectivity index (χ2n) is 5.60. The van der Waals surface area contributed by atoms with E-state index in [9.17, 15) is 4.79 Å². The Kier molecular flexibility index (Phi) is 3.53. The molecule has 1 aliphatic heterocycles. The van der Waals surface area contributed by atoms with Crippen LogP contribution in [0.5, 0.6) is 0 Å². The number of aromatic nitrogens is 2. The van der Waals surface area contributed by atoms with Crippen LogP contribution in [0.2, 0.25) is 0 Å². The first kappa shape index (κ1) is 13.9. The summed E-state index contributed by atoms with van der Waals surface area (Å²) in [5.74, 6) is 1.57. The maximum absolute atomic E-state index is 12.6. The minimum absolute atomic E-state index is 0.000766. The van der Waals surface area contributed by atoms with Crippen LogP contribution in [0.4, 0.5) is 0 Å². The Bertz CT molecular complexity index is 639. The van der Waals surface area contributed by atoms with Crippen LogP contribution < -0.4 is 0 Å². The van der Waals surface area contributed by atoms with Crippen LogP contribution in [0, 0.1) is 20.8 Å². The SMILES string of the molecule is Cc1cc([C@H]2CCCN2C(=O)Cc2c(C)noc2C)on1. The smallest absolute Gasteiger partial charge is 0.227 e. The minimum Gasteiger partial charge on any atom is -0.361 e. The van der Waals surface area contributed by atoms with Gasteiger partial charge in [-0.25, -0.2) is 0 Å². The molecule has 0 radical (unpaired) electrons. The van der Waals surface area contributed by atoms with Crippen LogP contribution in [0.25, 0.3) is 0 Å². The Labute approximate surface area is 123 Å². The molecule has 6 nitrogen and oxygen atoms in total. The molecule has 3 rings (SSSR count). The molecule has 0 spiro atoms.